The molecule has 0 bridgehead atoms. The molecule has 0 saturated carbocycles. The second kappa shape index (κ2) is 10.9. The van der Waals surface area contributed by atoms with Gasteiger partial charge in [0.05, 0.1) is 18.8 Å². The Balaban J connectivity index is 1.57. The molecule has 4 aromatic rings. The quantitative estimate of drug-likeness (QED) is 0.249. The Bertz CT molecular complexity index is 1340. The van der Waals surface area contributed by atoms with Gasteiger partial charge >= 0.3 is 0 Å². The van der Waals surface area contributed by atoms with Crippen LogP contribution in [-0.2, 0) is 11.8 Å². The Morgan fingerprint density at radius 1 is 1.00 bits per heavy atom. The van der Waals surface area contributed by atoms with Gasteiger partial charge in [0.1, 0.15) is 5.75 Å². The first-order valence-corrected chi connectivity index (χ1v) is 12.8. The summed E-state index contributed by atoms with van der Waals surface area (Å²) in [7, 11) is 1.66. The first kappa shape index (κ1) is 25.4. The summed E-state index contributed by atoms with van der Waals surface area (Å²) in [6.07, 6.45) is 6.96. The van der Waals surface area contributed by atoms with Crippen LogP contribution in [0.2, 0.25) is 0 Å². The lowest BCUT2D eigenvalue weighted by Crippen LogP contribution is -2.34. The van der Waals surface area contributed by atoms with E-state index in [4.69, 9.17) is 9.72 Å². The highest BCUT2D eigenvalue weighted by Crippen LogP contribution is 2.39. The number of hydrogen-bond donors (Lipinski definition) is 1. The molecule has 0 amide bonds. The number of anilines is 1. The van der Waals surface area contributed by atoms with E-state index < -0.39 is 0 Å². The summed E-state index contributed by atoms with van der Waals surface area (Å²) in [5.74, 6) is 1.09. The number of nitrogens with one attached hydrogen (secondary N) is 1. The van der Waals surface area contributed by atoms with Crippen LogP contribution < -0.4 is 10.1 Å². The summed E-state index contributed by atoms with van der Waals surface area (Å²) in [4.78, 5) is 9.13. The standard InChI is InChI=1S/C32H37N3O/c1-7-8-9-28-15-12-25-18-29(16-17-31(25)35-28)34-23(4)32(5,22(2)3)27-13-10-24(11-14-27)26-19-30(36-6)21-33-20-26/h10-22,34H,4,7-9H2,1-3,5-6H3. The van der Waals surface area contributed by atoms with Crippen LogP contribution in [0, 0.1) is 5.92 Å². The summed E-state index contributed by atoms with van der Waals surface area (Å²) < 4.78 is 5.34. The molecule has 0 aliphatic heterocycles. The monoisotopic (exact) mass is 479 g/mol. The van der Waals surface area contributed by atoms with Crippen LogP contribution in [0.15, 0.2) is 85.3 Å². The molecule has 36 heavy (non-hydrogen) atoms. The van der Waals surface area contributed by atoms with Crippen LogP contribution in [0.4, 0.5) is 5.69 Å². The number of aromatic nitrogens is 2. The van der Waals surface area contributed by atoms with Crippen molar-refractivity contribution in [1.82, 2.24) is 9.97 Å². The number of fused-ring (bicyclic) bond motifs is 1. The van der Waals surface area contributed by atoms with Gasteiger partial charge in [0, 0.05) is 39.6 Å². The summed E-state index contributed by atoms with van der Waals surface area (Å²) in [5.41, 5.74) is 7.30. The Labute approximate surface area is 215 Å². The Morgan fingerprint density at radius 2 is 1.78 bits per heavy atom. The molecule has 0 radical (unpaired) electrons. The van der Waals surface area contributed by atoms with Crippen molar-refractivity contribution in [3.63, 3.8) is 0 Å². The minimum atomic E-state index is -0.262. The number of hydrogen-bond acceptors (Lipinski definition) is 4. The van der Waals surface area contributed by atoms with Crippen LogP contribution in [0.1, 0.15) is 51.8 Å². The van der Waals surface area contributed by atoms with Crippen LogP contribution in [0.5, 0.6) is 5.75 Å². The van der Waals surface area contributed by atoms with Gasteiger partial charge in [-0.05, 0) is 67.1 Å². The van der Waals surface area contributed by atoms with Crippen LogP contribution in [-0.4, -0.2) is 17.1 Å². The fourth-order valence-corrected chi connectivity index (χ4v) is 4.60. The molecular formula is C32H37N3O. The maximum absolute atomic E-state index is 5.34. The van der Waals surface area contributed by atoms with Gasteiger partial charge in [0.2, 0.25) is 0 Å². The molecule has 1 unspecified atom stereocenters. The van der Waals surface area contributed by atoms with E-state index in [0.29, 0.717) is 5.92 Å². The van der Waals surface area contributed by atoms with Crippen molar-refractivity contribution in [2.45, 2.75) is 52.4 Å². The third-order valence-corrected chi connectivity index (χ3v) is 7.38. The van der Waals surface area contributed by atoms with Crippen LogP contribution in [0.3, 0.4) is 0 Å². The zero-order chi connectivity index (χ0) is 25.7. The van der Waals surface area contributed by atoms with E-state index in [1.165, 1.54) is 18.4 Å². The SMILES string of the molecule is C=C(Nc1ccc2nc(CCCC)ccc2c1)C(C)(c1ccc(-c2cncc(OC)c2)cc1)C(C)C. The lowest BCUT2D eigenvalue weighted by Gasteiger charge is -2.37. The molecule has 0 aliphatic rings. The average Bonchev–Trinajstić information content (AvgIpc) is 2.91. The van der Waals surface area contributed by atoms with E-state index >= 15 is 0 Å². The smallest absolute Gasteiger partial charge is 0.137 e. The van der Waals surface area contributed by atoms with Crippen molar-refractivity contribution in [3.05, 3.63) is 96.6 Å². The number of aryl methyl sites for hydroxylation is 1. The first-order valence-electron chi connectivity index (χ1n) is 12.8. The largest absolute Gasteiger partial charge is 0.495 e. The zero-order valence-corrected chi connectivity index (χ0v) is 22.1. The maximum atomic E-state index is 5.34. The van der Waals surface area contributed by atoms with Crippen LogP contribution in [0.25, 0.3) is 22.0 Å². The summed E-state index contributed by atoms with van der Waals surface area (Å²) in [6.45, 7) is 13.5. The fraction of sp³-hybridized carbons (Fsp3) is 0.312. The molecule has 2 aromatic heterocycles. The van der Waals surface area contributed by atoms with Gasteiger partial charge < -0.3 is 10.1 Å². The second-order valence-corrected chi connectivity index (χ2v) is 9.97. The summed E-state index contributed by atoms with van der Waals surface area (Å²) >= 11 is 0. The third-order valence-electron chi connectivity index (χ3n) is 7.38. The van der Waals surface area contributed by atoms with Crippen molar-refractivity contribution < 1.29 is 4.74 Å². The second-order valence-electron chi connectivity index (χ2n) is 9.97. The number of pyridine rings is 2. The highest BCUT2D eigenvalue weighted by molar-refractivity contribution is 5.83. The third kappa shape index (κ3) is 5.28. The molecule has 1 atom stereocenters. The minimum Gasteiger partial charge on any atom is -0.495 e. The molecular weight excluding hydrogens is 442 g/mol. The predicted molar refractivity (Wildman–Crippen MR) is 152 cm³/mol. The van der Waals surface area contributed by atoms with Gasteiger partial charge in [-0.15, -0.1) is 0 Å². The molecule has 0 aliphatic carbocycles. The molecule has 4 rings (SSSR count). The topological polar surface area (TPSA) is 47.0 Å². The molecule has 0 spiro atoms. The Kier molecular flexibility index (Phi) is 7.73. The van der Waals surface area contributed by atoms with E-state index in [1.807, 2.05) is 12.3 Å². The number of ether oxygens (including phenoxy) is 1. The highest BCUT2D eigenvalue weighted by Gasteiger charge is 2.34. The number of methoxy groups -OCH3 is 1. The molecule has 1 N–H and O–H groups in total. The molecule has 4 heteroatoms. The Morgan fingerprint density at radius 3 is 2.47 bits per heavy atom. The number of rotatable bonds is 10. The normalized spacial score (nSPS) is 12.9. The van der Waals surface area contributed by atoms with E-state index in [2.05, 4.69) is 99.2 Å². The predicted octanol–water partition coefficient (Wildman–Crippen LogP) is 8.19. The van der Waals surface area contributed by atoms with Crippen LogP contribution >= 0.6 is 0 Å². The van der Waals surface area contributed by atoms with Gasteiger partial charge in [-0.1, -0.05) is 64.1 Å². The lowest BCUT2D eigenvalue weighted by atomic mass is 9.71. The summed E-state index contributed by atoms with van der Waals surface area (Å²) in [6, 6.07) is 21.4. The van der Waals surface area contributed by atoms with Crippen molar-refractivity contribution in [2.24, 2.45) is 5.92 Å². The van der Waals surface area contributed by atoms with Crippen molar-refractivity contribution >= 4 is 16.6 Å². The molecule has 2 heterocycles. The molecule has 186 valence electrons. The maximum Gasteiger partial charge on any atom is 0.137 e. The molecule has 0 fully saturated rings. The van der Waals surface area contributed by atoms with Crippen molar-refractivity contribution in [3.8, 4) is 16.9 Å². The van der Waals surface area contributed by atoms with Gasteiger partial charge in [-0.3, -0.25) is 9.97 Å². The first-order chi connectivity index (χ1) is 17.3. The lowest BCUT2D eigenvalue weighted by molar-refractivity contribution is 0.400. The highest BCUT2D eigenvalue weighted by atomic mass is 16.5. The summed E-state index contributed by atoms with van der Waals surface area (Å²) in [5, 5.41) is 4.75. The minimum absolute atomic E-state index is 0.262. The molecule has 4 nitrogen and oxygen atoms in total. The van der Waals surface area contributed by atoms with E-state index in [1.54, 1.807) is 13.3 Å². The number of allylic oxidation sites excluding steroid dienone is 1. The number of benzene rings is 2. The Hall–Kier alpha value is -3.66. The fourth-order valence-electron chi connectivity index (χ4n) is 4.60. The van der Waals surface area contributed by atoms with E-state index in [9.17, 15) is 0 Å². The number of nitrogens with zero attached hydrogens (tertiary/aromatic N) is 2. The molecule has 2 aromatic carbocycles. The van der Waals surface area contributed by atoms with E-state index in [0.717, 1.165) is 51.3 Å². The number of unbranched alkanes of at least 4 members (excludes halogenated alkanes) is 1. The van der Waals surface area contributed by atoms with Gasteiger partial charge in [-0.25, -0.2) is 0 Å². The average molecular weight is 480 g/mol. The van der Waals surface area contributed by atoms with Gasteiger partial charge in [0.15, 0.2) is 0 Å². The van der Waals surface area contributed by atoms with Crippen molar-refractivity contribution in [2.75, 3.05) is 12.4 Å². The molecule has 0 saturated heterocycles. The van der Waals surface area contributed by atoms with E-state index in [-0.39, 0.29) is 5.41 Å². The zero-order valence-electron chi connectivity index (χ0n) is 22.1. The van der Waals surface area contributed by atoms with Crippen molar-refractivity contribution in [1.29, 1.82) is 0 Å². The van der Waals surface area contributed by atoms with Gasteiger partial charge in [0.25, 0.3) is 0 Å². The van der Waals surface area contributed by atoms with Gasteiger partial charge in [-0.2, -0.15) is 0 Å².